The molecule has 0 radical (unpaired) electrons. The summed E-state index contributed by atoms with van der Waals surface area (Å²) in [4.78, 5) is 32.3. The lowest BCUT2D eigenvalue weighted by Crippen LogP contribution is -2.55. The minimum atomic E-state index is -1.11. The van der Waals surface area contributed by atoms with Crippen molar-refractivity contribution < 1.29 is 18.7 Å². The van der Waals surface area contributed by atoms with Crippen LogP contribution in [0.1, 0.15) is 38.8 Å². The Morgan fingerprint density at radius 1 is 1.08 bits per heavy atom. The number of ether oxygens (including phenoxy) is 1. The second kappa shape index (κ2) is 10.9. The number of hydrogen-bond donors (Lipinski definition) is 0. The highest BCUT2D eigenvalue weighted by Crippen LogP contribution is 2.41. The fraction of sp³-hybridized carbons (Fsp3) is 0.400. The first kappa shape index (κ1) is 26.6. The van der Waals surface area contributed by atoms with E-state index in [0.29, 0.717) is 18.1 Å². The molecule has 0 spiro atoms. The summed E-state index contributed by atoms with van der Waals surface area (Å²) in [6.45, 7) is 9.59. The van der Waals surface area contributed by atoms with E-state index in [4.69, 9.17) is 4.74 Å². The molecule has 2 aliphatic heterocycles. The van der Waals surface area contributed by atoms with Crippen LogP contribution in [-0.4, -0.2) is 58.9 Å². The summed E-state index contributed by atoms with van der Waals surface area (Å²) in [5.41, 5.74) is 2.22. The van der Waals surface area contributed by atoms with Crippen LogP contribution >= 0.6 is 0 Å². The molecule has 0 aliphatic carbocycles. The van der Waals surface area contributed by atoms with Crippen LogP contribution in [0.2, 0.25) is 0 Å². The number of halogens is 1. The molecule has 0 fully saturated rings. The number of rotatable bonds is 8. The smallest absolute Gasteiger partial charge is 0.337 e. The highest BCUT2D eigenvalue weighted by molar-refractivity contribution is 6.11. The molecule has 0 bridgehead atoms. The van der Waals surface area contributed by atoms with Crippen LogP contribution < -0.4 is 0 Å². The fourth-order valence-electron chi connectivity index (χ4n) is 5.07. The van der Waals surface area contributed by atoms with E-state index in [0.717, 1.165) is 12.2 Å². The Kier molecular flexibility index (Phi) is 7.83. The van der Waals surface area contributed by atoms with Crippen LogP contribution in [0, 0.1) is 11.2 Å². The van der Waals surface area contributed by atoms with E-state index in [1.54, 1.807) is 36.1 Å². The molecule has 0 aromatic heterocycles. The van der Waals surface area contributed by atoms with Gasteiger partial charge in [-0.15, -0.1) is 0 Å². The van der Waals surface area contributed by atoms with Gasteiger partial charge in [-0.25, -0.2) is 9.18 Å². The molecule has 4 rings (SSSR count). The maximum Gasteiger partial charge on any atom is 0.337 e. The van der Waals surface area contributed by atoms with Gasteiger partial charge in [-0.3, -0.25) is 9.69 Å². The summed E-state index contributed by atoms with van der Waals surface area (Å²) in [6, 6.07) is 15.6. The SMILES string of the molecule is CCOC(=O)C1C(=O)C=C2N(CN(C)Cc3ccccc3)C(C(C)(C)C)C=C(Cc3ccccc3F)N21. The molecule has 2 atom stereocenters. The Morgan fingerprint density at radius 2 is 1.76 bits per heavy atom. The zero-order valence-corrected chi connectivity index (χ0v) is 22.3. The van der Waals surface area contributed by atoms with Crippen LogP contribution in [-0.2, 0) is 27.3 Å². The number of carbonyl (C=O) groups excluding carboxylic acids is 2. The zero-order chi connectivity index (χ0) is 26.7. The van der Waals surface area contributed by atoms with Gasteiger partial charge in [0.2, 0.25) is 0 Å². The van der Waals surface area contributed by atoms with Gasteiger partial charge in [0, 0.05) is 24.7 Å². The highest BCUT2D eigenvalue weighted by Gasteiger charge is 2.48. The first-order valence-electron chi connectivity index (χ1n) is 12.7. The third-order valence-corrected chi connectivity index (χ3v) is 6.75. The second-order valence-electron chi connectivity index (χ2n) is 10.8. The maximum absolute atomic E-state index is 14.7. The van der Waals surface area contributed by atoms with E-state index in [1.165, 1.54) is 11.6 Å². The Morgan fingerprint density at radius 3 is 2.41 bits per heavy atom. The number of carbonyl (C=O) groups is 2. The Labute approximate surface area is 219 Å². The summed E-state index contributed by atoms with van der Waals surface area (Å²) in [5.74, 6) is -0.579. The quantitative estimate of drug-likeness (QED) is 0.382. The topological polar surface area (TPSA) is 53.1 Å². The molecule has 196 valence electrons. The molecule has 0 saturated heterocycles. The molecule has 0 saturated carbocycles. The molecule has 0 N–H and O–H groups in total. The molecule has 2 aromatic rings. The lowest BCUT2D eigenvalue weighted by molar-refractivity contribution is -0.150. The lowest BCUT2D eigenvalue weighted by atomic mass is 9.83. The molecule has 6 nitrogen and oxygen atoms in total. The van der Waals surface area contributed by atoms with Crippen LogP contribution in [0.15, 0.2) is 78.3 Å². The van der Waals surface area contributed by atoms with Gasteiger partial charge >= 0.3 is 5.97 Å². The van der Waals surface area contributed by atoms with Crippen molar-refractivity contribution in [1.29, 1.82) is 0 Å². The normalized spacial score (nSPS) is 19.6. The summed E-state index contributed by atoms with van der Waals surface area (Å²) >= 11 is 0. The number of hydrogen-bond acceptors (Lipinski definition) is 6. The predicted molar refractivity (Wildman–Crippen MR) is 141 cm³/mol. The molecule has 2 aliphatic rings. The van der Waals surface area contributed by atoms with E-state index >= 15 is 0 Å². The lowest BCUT2D eigenvalue weighted by Gasteiger charge is -2.49. The molecule has 0 amide bonds. The van der Waals surface area contributed by atoms with Gasteiger partial charge < -0.3 is 14.5 Å². The van der Waals surface area contributed by atoms with Crippen molar-refractivity contribution in [2.45, 2.75) is 52.7 Å². The van der Waals surface area contributed by atoms with E-state index in [2.05, 4.69) is 48.8 Å². The maximum atomic E-state index is 14.7. The fourth-order valence-corrected chi connectivity index (χ4v) is 5.07. The molecular formula is C30H36FN3O3. The molecule has 7 heteroatoms. The number of fused-ring (bicyclic) bond motifs is 1. The summed E-state index contributed by atoms with van der Waals surface area (Å²) in [7, 11) is 2.04. The molecule has 2 aromatic carbocycles. The third kappa shape index (κ3) is 5.77. The van der Waals surface area contributed by atoms with Crippen molar-refractivity contribution in [1.82, 2.24) is 14.7 Å². The summed E-state index contributed by atoms with van der Waals surface area (Å²) in [6.07, 6.45) is 3.89. The molecule has 2 heterocycles. The number of esters is 1. The minimum Gasteiger partial charge on any atom is -0.464 e. The molecule has 2 unspecified atom stereocenters. The monoisotopic (exact) mass is 505 g/mol. The van der Waals surface area contributed by atoms with Crippen molar-refractivity contribution in [3.63, 3.8) is 0 Å². The predicted octanol–water partition coefficient (Wildman–Crippen LogP) is 4.73. The van der Waals surface area contributed by atoms with Crippen molar-refractivity contribution in [2.24, 2.45) is 5.41 Å². The van der Waals surface area contributed by atoms with E-state index in [1.807, 2.05) is 25.2 Å². The summed E-state index contributed by atoms with van der Waals surface area (Å²) < 4.78 is 20.0. The number of nitrogens with zero attached hydrogens (tertiary/aromatic N) is 3. The minimum absolute atomic E-state index is 0.0938. The average Bonchev–Trinajstić information content (AvgIpc) is 3.19. The molecular weight excluding hydrogens is 469 g/mol. The van der Waals surface area contributed by atoms with Gasteiger partial charge in [0.05, 0.1) is 19.3 Å². The van der Waals surface area contributed by atoms with E-state index < -0.39 is 12.0 Å². The highest BCUT2D eigenvalue weighted by atomic mass is 19.1. The van der Waals surface area contributed by atoms with Gasteiger partial charge in [0.1, 0.15) is 11.6 Å². The Balaban J connectivity index is 1.75. The summed E-state index contributed by atoms with van der Waals surface area (Å²) in [5, 5.41) is 0. The zero-order valence-electron chi connectivity index (χ0n) is 22.3. The molecule has 37 heavy (non-hydrogen) atoms. The Hall–Kier alpha value is -3.45. The first-order valence-corrected chi connectivity index (χ1v) is 12.7. The Bertz CT molecular complexity index is 1200. The first-order chi connectivity index (χ1) is 17.6. The van der Waals surface area contributed by atoms with Crippen LogP contribution in [0.4, 0.5) is 4.39 Å². The van der Waals surface area contributed by atoms with Crippen molar-refractivity contribution in [3.8, 4) is 0 Å². The van der Waals surface area contributed by atoms with Crippen LogP contribution in [0.5, 0.6) is 0 Å². The average molecular weight is 506 g/mol. The number of allylic oxidation sites excluding steroid dienone is 1. The van der Waals surface area contributed by atoms with Crippen molar-refractivity contribution in [2.75, 3.05) is 20.3 Å². The number of ketones is 1. The van der Waals surface area contributed by atoms with Crippen molar-refractivity contribution >= 4 is 11.8 Å². The van der Waals surface area contributed by atoms with Gasteiger partial charge in [0.25, 0.3) is 0 Å². The van der Waals surface area contributed by atoms with Crippen molar-refractivity contribution in [3.05, 3.63) is 95.2 Å². The third-order valence-electron chi connectivity index (χ3n) is 6.75. The van der Waals surface area contributed by atoms with Gasteiger partial charge in [-0.2, -0.15) is 0 Å². The van der Waals surface area contributed by atoms with Gasteiger partial charge in [-0.05, 0) is 42.7 Å². The van der Waals surface area contributed by atoms with Gasteiger partial charge in [-0.1, -0.05) is 69.3 Å². The van der Waals surface area contributed by atoms with Gasteiger partial charge in [0.15, 0.2) is 11.8 Å². The van der Waals surface area contributed by atoms with Crippen LogP contribution in [0.3, 0.4) is 0 Å². The van der Waals surface area contributed by atoms with E-state index in [9.17, 15) is 14.0 Å². The van der Waals surface area contributed by atoms with E-state index in [-0.39, 0.29) is 36.1 Å². The van der Waals surface area contributed by atoms with Crippen LogP contribution in [0.25, 0.3) is 0 Å². The number of benzene rings is 2. The largest absolute Gasteiger partial charge is 0.464 e. The standard InChI is InChI=1S/C30H36FN3O3/c1-6-37-29(36)28-25(35)18-27-33(20-32(5)19-21-12-8-7-9-13-21)26(30(2,3)4)17-23(34(27)28)16-22-14-10-11-15-24(22)31/h7-15,17-18,26,28H,6,16,19-20H2,1-5H3. The second-order valence-corrected chi connectivity index (χ2v) is 10.8.